The molecule has 0 saturated carbocycles. The minimum Gasteiger partial charge on any atom is -0.297 e. The van der Waals surface area contributed by atoms with Crippen LogP contribution in [-0.4, -0.2) is 21.5 Å². The highest BCUT2D eigenvalue weighted by molar-refractivity contribution is 7.99. The predicted molar refractivity (Wildman–Crippen MR) is 80.6 cm³/mol. The molecular weight excluding hydrogens is 290 g/mol. The van der Waals surface area contributed by atoms with Crippen LogP contribution in [-0.2, 0) is 10.5 Å². The Balaban J connectivity index is 1.89. The van der Waals surface area contributed by atoms with Crippen LogP contribution in [0.25, 0.3) is 0 Å². The smallest absolute Gasteiger partial charge is 0.166 e. The number of thiazole rings is 1. The van der Waals surface area contributed by atoms with Gasteiger partial charge in [-0.05, 0) is 24.6 Å². The third-order valence-corrected chi connectivity index (χ3v) is 4.65. The van der Waals surface area contributed by atoms with E-state index in [1.165, 1.54) is 23.1 Å². The largest absolute Gasteiger partial charge is 0.297 e. The molecule has 0 unspecified atom stereocenters. The fourth-order valence-electron chi connectivity index (χ4n) is 1.60. The Kier molecular flexibility index (Phi) is 5.27. The maximum Gasteiger partial charge on any atom is 0.166 e. The van der Waals surface area contributed by atoms with E-state index in [2.05, 4.69) is 16.0 Å². The van der Waals surface area contributed by atoms with Gasteiger partial charge in [-0.25, -0.2) is 4.98 Å². The maximum absolute atomic E-state index is 12.1. The van der Waals surface area contributed by atoms with Crippen LogP contribution in [0.5, 0.6) is 0 Å². The van der Waals surface area contributed by atoms with Crippen molar-refractivity contribution in [3.63, 3.8) is 0 Å². The van der Waals surface area contributed by atoms with Gasteiger partial charge in [0.1, 0.15) is 5.01 Å². The summed E-state index contributed by atoms with van der Waals surface area (Å²) < 4.78 is 0. The van der Waals surface area contributed by atoms with Crippen LogP contribution in [0.15, 0.2) is 29.9 Å². The van der Waals surface area contributed by atoms with Gasteiger partial charge in [0.25, 0.3) is 0 Å². The zero-order chi connectivity index (χ0) is 14.4. The number of Topliss-reactive ketones (excluding diaryl/α,β-unsaturated/α-hetero) is 1. The van der Waals surface area contributed by atoms with Crippen LogP contribution in [0.1, 0.15) is 22.2 Å². The summed E-state index contributed by atoms with van der Waals surface area (Å²) >= 11 is 2.88. The van der Waals surface area contributed by atoms with Gasteiger partial charge in [-0.1, -0.05) is 0 Å². The van der Waals surface area contributed by atoms with Crippen LogP contribution in [0.3, 0.4) is 0 Å². The van der Waals surface area contributed by atoms with Crippen LogP contribution < -0.4 is 0 Å². The molecule has 1 atom stereocenters. The summed E-state index contributed by atoms with van der Waals surface area (Å²) in [5.74, 6) is 0.238. The summed E-state index contributed by atoms with van der Waals surface area (Å²) in [4.78, 5) is 20.3. The highest BCUT2D eigenvalue weighted by Gasteiger charge is 2.22. The first-order valence-electron chi connectivity index (χ1n) is 6.01. The van der Waals surface area contributed by atoms with Gasteiger partial charge >= 0.3 is 0 Å². The number of pyridine rings is 1. The Hall–Kier alpha value is -1.71. The molecule has 102 valence electrons. The molecule has 4 nitrogen and oxygen atoms in total. The maximum atomic E-state index is 12.1. The van der Waals surface area contributed by atoms with E-state index < -0.39 is 5.92 Å². The zero-order valence-electron chi connectivity index (χ0n) is 10.9. The number of aromatic nitrogens is 2. The quantitative estimate of drug-likeness (QED) is 0.820. The second-order valence-corrected chi connectivity index (χ2v) is 6.08. The van der Waals surface area contributed by atoms with Gasteiger partial charge in [0, 0.05) is 29.2 Å². The second kappa shape index (κ2) is 7.17. The molecule has 0 aliphatic heterocycles. The van der Waals surface area contributed by atoms with E-state index in [1.807, 2.05) is 24.4 Å². The molecule has 0 aliphatic carbocycles. The molecule has 2 heterocycles. The van der Waals surface area contributed by atoms with Crippen LogP contribution >= 0.6 is 23.1 Å². The Bertz CT molecular complexity index is 619. The third-order valence-electron chi connectivity index (χ3n) is 2.60. The third kappa shape index (κ3) is 3.89. The van der Waals surface area contributed by atoms with E-state index in [0.717, 1.165) is 17.0 Å². The highest BCUT2D eigenvalue weighted by Crippen LogP contribution is 2.23. The molecule has 0 bridgehead atoms. The molecule has 6 heteroatoms. The van der Waals surface area contributed by atoms with Crippen LogP contribution in [0.2, 0.25) is 0 Å². The predicted octanol–water partition coefficient (Wildman–Crippen LogP) is 2.96. The van der Waals surface area contributed by atoms with Gasteiger partial charge in [0.15, 0.2) is 11.7 Å². The van der Waals surface area contributed by atoms with Gasteiger partial charge in [0.05, 0.1) is 11.8 Å². The lowest BCUT2D eigenvalue weighted by molar-refractivity contribution is -0.116. The zero-order valence-corrected chi connectivity index (χ0v) is 12.6. The van der Waals surface area contributed by atoms with Gasteiger partial charge in [-0.3, -0.25) is 9.78 Å². The SMILES string of the molecule is Cc1csc([C@@H](C#N)C(=O)CSCc2ccncc2)n1. The highest BCUT2D eigenvalue weighted by atomic mass is 32.2. The minimum atomic E-state index is -0.737. The number of nitriles is 1. The Labute approximate surface area is 125 Å². The number of hydrogen-bond acceptors (Lipinski definition) is 6. The molecule has 0 spiro atoms. The van der Waals surface area contributed by atoms with Crippen LogP contribution in [0, 0.1) is 18.3 Å². The number of aryl methyl sites for hydroxylation is 1. The van der Waals surface area contributed by atoms with Crippen molar-refractivity contribution in [2.45, 2.75) is 18.6 Å². The van der Waals surface area contributed by atoms with E-state index >= 15 is 0 Å². The summed E-state index contributed by atoms with van der Waals surface area (Å²) in [7, 11) is 0. The normalized spacial score (nSPS) is 11.8. The minimum absolute atomic E-state index is 0.0825. The van der Waals surface area contributed by atoms with Crippen molar-refractivity contribution in [1.29, 1.82) is 5.26 Å². The second-order valence-electron chi connectivity index (χ2n) is 4.20. The first kappa shape index (κ1) is 14.7. The number of ketones is 1. The van der Waals surface area contributed by atoms with Gasteiger partial charge in [-0.15, -0.1) is 23.1 Å². The number of nitrogens with zero attached hydrogens (tertiary/aromatic N) is 3. The number of rotatable bonds is 6. The van der Waals surface area contributed by atoms with E-state index in [0.29, 0.717) is 10.8 Å². The van der Waals surface area contributed by atoms with Crippen molar-refractivity contribution >= 4 is 28.9 Å². The standard InChI is InChI=1S/C14H13N3OS2/c1-10-7-20-14(17-10)12(6-15)13(18)9-19-8-11-2-4-16-5-3-11/h2-5,7,12H,8-9H2,1H3/t12-/m0/s1. The lowest BCUT2D eigenvalue weighted by Gasteiger charge is -2.05. The lowest BCUT2D eigenvalue weighted by atomic mass is 10.1. The van der Waals surface area contributed by atoms with Crippen molar-refractivity contribution in [2.24, 2.45) is 0 Å². The Morgan fingerprint density at radius 3 is 2.85 bits per heavy atom. The molecule has 0 radical (unpaired) electrons. The first-order chi connectivity index (χ1) is 9.70. The average molecular weight is 303 g/mol. The molecule has 0 saturated heterocycles. The molecule has 0 aromatic carbocycles. The molecular formula is C14H13N3OS2. The molecule has 0 aliphatic rings. The van der Waals surface area contributed by atoms with Crippen molar-refractivity contribution in [3.05, 3.63) is 46.2 Å². The fourth-order valence-corrected chi connectivity index (χ4v) is 3.36. The summed E-state index contributed by atoms with van der Waals surface area (Å²) in [6, 6.07) is 5.90. The molecule has 2 rings (SSSR count). The van der Waals surface area contributed by atoms with E-state index in [9.17, 15) is 4.79 Å². The van der Waals surface area contributed by atoms with Gasteiger partial charge in [-0.2, -0.15) is 5.26 Å². The van der Waals surface area contributed by atoms with E-state index in [1.54, 1.807) is 12.4 Å². The molecule has 2 aromatic rings. The first-order valence-corrected chi connectivity index (χ1v) is 8.05. The summed E-state index contributed by atoms with van der Waals surface area (Å²) in [5.41, 5.74) is 1.97. The number of carbonyl (C=O) groups excluding carboxylic acids is 1. The topological polar surface area (TPSA) is 66.6 Å². The number of carbonyl (C=O) groups is 1. The summed E-state index contributed by atoms with van der Waals surface area (Å²) in [5, 5.41) is 11.6. The Morgan fingerprint density at radius 1 is 1.50 bits per heavy atom. The Morgan fingerprint density at radius 2 is 2.25 bits per heavy atom. The van der Waals surface area contributed by atoms with Crippen molar-refractivity contribution in [3.8, 4) is 6.07 Å². The summed E-state index contributed by atoms with van der Waals surface area (Å²) in [6.45, 7) is 1.86. The van der Waals surface area contributed by atoms with Gasteiger partial charge in [0.2, 0.25) is 0 Å². The summed E-state index contributed by atoms with van der Waals surface area (Å²) in [6.07, 6.45) is 3.46. The molecule has 0 amide bonds. The van der Waals surface area contributed by atoms with Gasteiger partial charge < -0.3 is 0 Å². The number of thioether (sulfide) groups is 1. The molecule has 0 fully saturated rings. The van der Waals surface area contributed by atoms with Crippen molar-refractivity contribution in [1.82, 2.24) is 9.97 Å². The molecule has 20 heavy (non-hydrogen) atoms. The fraction of sp³-hybridized carbons (Fsp3) is 0.286. The molecule has 0 N–H and O–H groups in total. The van der Waals surface area contributed by atoms with Crippen molar-refractivity contribution in [2.75, 3.05) is 5.75 Å². The average Bonchev–Trinajstić information content (AvgIpc) is 2.87. The molecule has 2 aromatic heterocycles. The van der Waals surface area contributed by atoms with Crippen molar-refractivity contribution < 1.29 is 4.79 Å². The van der Waals surface area contributed by atoms with E-state index in [-0.39, 0.29) is 5.78 Å². The lowest BCUT2D eigenvalue weighted by Crippen LogP contribution is -2.13. The van der Waals surface area contributed by atoms with Crippen LogP contribution in [0.4, 0.5) is 0 Å². The number of hydrogen-bond donors (Lipinski definition) is 0. The van der Waals surface area contributed by atoms with E-state index in [4.69, 9.17) is 5.26 Å². The monoisotopic (exact) mass is 303 g/mol.